The number of hydrogen-bond donors (Lipinski definition) is 2. The molecule has 1 saturated carbocycles. The Morgan fingerprint density at radius 1 is 1.19 bits per heavy atom. The van der Waals surface area contributed by atoms with Crippen LogP contribution in [0.3, 0.4) is 0 Å². The average Bonchev–Trinajstić information content (AvgIpc) is 2.82. The standard InChI is InChI=1S/C18H20Cl2N4O2S/c19-11-7-8-14(13(20)9-11)21-16(25)10-15-17(26)22-18(27-15)24-23-12-5-3-1-2-4-6-12/h7-9,15H,1-6,10H2,(H,21,25)(H,22,24,26). The Bertz CT molecular complexity index is 788. The minimum Gasteiger partial charge on any atom is -0.325 e. The fraction of sp³-hybridized carbons (Fsp3) is 0.444. The van der Waals surface area contributed by atoms with Gasteiger partial charge in [0.25, 0.3) is 0 Å². The molecule has 2 fully saturated rings. The van der Waals surface area contributed by atoms with Gasteiger partial charge in [-0.2, -0.15) is 5.10 Å². The Kier molecular flexibility index (Phi) is 7.15. The van der Waals surface area contributed by atoms with E-state index in [4.69, 9.17) is 23.2 Å². The van der Waals surface area contributed by atoms with Crippen LogP contribution >= 0.6 is 35.0 Å². The van der Waals surface area contributed by atoms with E-state index < -0.39 is 5.25 Å². The number of thioether (sulfide) groups is 1. The summed E-state index contributed by atoms with van der Waals surface area (Å²) >= 11 is 13.1. The lowest BCUT2D eigenvalue weighted by molar-refractivity contribution is -0.122. The first kappa shape index (κ1) is 20.2. The number of amidine groups is 1. The van der Waals surface area contributed by atoms with E-state index in [2.05, 4.69) is 20.8 Å². The zero-order valence-electron chi connectivity index (χ0n) is 14.6. The quantitative estimate of drug-likeness (QED) is 0.543. The number of hydrogen-bond acceptors (Lipinski definition) is 5. The van der Waals surface area contributed by atoms with Crippen molar-refractivity contribution in [1.82, 2.24) is 5.32 Å². The first-order chi connectivity index (χ1) is 13.0. The lowest BCUT2D eigenvalue weighted by atomic mass is 10.2. The van der Waals surface area contributed by atoms with Crippen molar-refractivity contribution in [3.8, 4) is 0 Å². The monoisotopic (exact) mass is 426 g/mol. The number of carbonyl (C=O) groups is 2. The van der Waals surface area contributed by atoms with Gasteiger partial charge in [-0.15, -0.1) is 5.10 Å². The second-order valence-electron chi connectivity index (χ2n) is 6.46. The summed E-state index contributed by atoms with van der Waals surface area (Å²) in [7, 11) is 0. The predicted octanol–water partition coefficient (Wildman–Crippen LogP) is 4.62. The number of halogens is 2. The van der Waals surface area contributed by atoms with Gasteiger partial charge in [0, 0.05) is 17.2 Å². The summed E-state index contributed by atoms with van der Waals surface area (Å²) in [4.78, 5) is 24.3. The highest BCUT2D eigenvalue weighted by Crippen LogP contribution is 2.27. The Morgan fingerprint density at radius 2 is 1.93 bits per heavy atom. The lowest BCUT2D eigenvalue weighted by Gasteiger charge is -2.09. The van der Waals surface area contributed by atoms with E-state index in [0.717, 1.165) is 31.4 Å². The SMILES string of the molecule is O=C(CC1S/C(=N/N=C2CCCCCC2)NC1=O)Nc1ccc(Cl)cc1Cl. The highest BCUT2D eigenvalue weighted by atomic mass is 35.5. The molecule has 2 N–H and O–H groups in total. The van der Waals surface area contributed by atoms with Gasteiger partial charge in [-0.1, -0.05) is 47.8 Å². The maximum absolute atomic E-state index is 12.2. The van der Waals surface area contributed by atoms with Crippen molar-refractivity contribution >= 4 is 63.3 Å². The summed E-state index contributed by atoms with van der Waals surface area (Å²) in [5.41, 5.74) is 1.54. The molecule has 1 aliphatic carbocycles. The Morgan fingerprint density at radius 3 is 2.63 bits per heavy atom. The van der Waals surface area contributed by atoms with Crippen molar-refractivity contribution in [2.75, 3.05) is 5.32 Å². The molecular weight excluding hydrogens is 407 g/mol. The van der Waals surface area contributed by atoms with E-state index in [-0.39, 0.29) is 18.2 Å². The van der Waals surface area contributed by atoms with Crippen LogP contribution in [0.2, 0.25) is 10.0 Å². The summed E-state index contributed by atoms with van der Waals surface area (Å²) in [5.74, 6) is -0.541. The molecule has 0 radical (unpaired) electrons. The third kappa shape index (κ3) is 5.96. The number of nitrogens with zero attached hydrogens (tertiary/aromatic N) is 2. The molecule has 0 bridgehead atoms. The van der Waals surface area contributed by atoms with Crippen LogP contribution in [0, 0.1) is 0 Å². The minimum absolute atomic E-state index is 0.0189. The number of anilines is 1. The fourth-order valence-electron chi connectivity index (χ4n) is 2.90. The Balaban J connectivity index is 1.56. The summed E-state index contributed by atoms with van der Waals surface area (Å²) < 4.78 is 0. The molecule has 1 unspecified atom stereocenters. The molecule has 144 valence electrons. The van der Waals surface area contributed by atoms with Crippen molar-refractivity contribution < 1.29 is 9.59 Å². The summed E-state index contributed by atoms with van der Waals surface area (Å²) in [6.45, 7) is 0. The molecular formula is C18H20Cl2N4O2S. The third-order valence-corrected chi connectivity index (χ3v) is 5.94. The van der Waals surface area contributed by atoms with Crippen LogP contribution in [-0.2, 0) is 9.59 Å². The highest BCUT2D eigenvalue weighted by molar-refractivity contribution is 8.15. The molecule has 0 spiro atoms. The molecule has 1 atom stereocenters. The first-order valence-corrected chi connectivity index (χ1v) is 10.5. The van der Waals surface area contributed by atoms with E-state index >= 15 is 0 Å². The van der Waals surface area contributed by atoms with Gasteiger partial charge in [-0.05, 0) is 43.9 Å². The van der Waals surface area contributed by atoms with Crippen molar-refractivity contribution in [3.63, 3.8) is 0 Å². The van der Waals surface area contributed by atoms with E-state index in [0.29, 0.717) is 20.9 Å². The summed E-state index contributed by atoms with van der Waals surface area (Å²) in [6.07, 6.45) is 6.68. The number of nitrogens with one attached hydrogen (secondary N) is 2. The minimum atomic E-state index is -0.538. The smallest absolute Gasteiger partial charge is 0.240 e. The zero-order valence-corrected chi connectivity index (χ0v) is 17.0. The zero-order chi connectivity index (χ0) is 19.2. The number of rotatable bonds is 4. The van der Waals surface area contributed by atoms with Gasteiger partial charge in [0.1, 0.15) is 5.25 Å². The van der Waals surface area contributed by atoms with Gasteiger partial charge in [-0.3, -0.25) is 9.59 Å². The molecule has 3 rings (SSSR count). The van der Waals surface area contributed by atoms with Gasteiger partial charge < -0.3 is 10.6 Å². The Labute approximate surface area is 172 Å². The van der Waals surface area contributed by atoms with Crippen LogP contribution in [0.5, 0.6) is 0 Å². The van der Waals surface area contributed by atoms with Crippen molar-refractivity contribution in [2.45, 2.75) is 50.2 Å². The molecule has 2 amide bonds. The maximum atomic E-state index is 12.2. The largest absolute Gasteiger partial charge is 0.325 e. The third-order valence-electron chi connectivity index (χ3n) is 4.32. The molecule has 6 nitrogen and oxygen atoms in total. The molecule has 1 saturated heterocycles. The molecule has 27 heavy (non-hydrogen) atoms. The van der Waals surface area contributed by atoms with E-state index in [1.807, 2.05) is 0 Å². The molecule has 0 aromatic heterocycles. The van der Waals surface area contributed by atoms with Crippen LogP contribution < -0.4 is 10.6 Å². The first-order valence-electron chi connectivity index (χ1n) is 8.87. The Hall–Kier alpha value is -1.57. The second-order valence-corrected chi connectivity index (χ2v) is 8.49. The summed E-state index contributed by atoms with van der Waals surface area (Å²) in [6, 6.07) is 4.81. The predicted molar refractivity (Wildman–Crippen MR) is 112 cm³/mol. The molecule has 2 aliphatic rings. The summed E-state index contributed by atoms with van der Waals surface area (Å²) in [5, 5.41) is 14.6. The van der Waals surface area contributed by atoms with Crippen molar-refractivity contribution in [2.24, 2.45) is 10.2 Å². The van der Waals surface area contributed by atoms with E-state index in [1.165, 1.54) is 24.6 Å². The second kappa shape index (κ2) is 9.57. The van der Waals surface area contributed by atoms with E-state index in [1.54, 1.807) is 18.2 Å². The van der Waals surface area contributed by atoms with Gasteiger partial charge in [-0.25, -0.2) is 0 Å². The van der Waals surface area contributed by atoms with Crippen molar-refractivity contribution in [3.05, 3.63) is 28.2 Å². The molecule has 1 aromatic rings. The number of carbonyl (C=O) groups excluding carboxylic acids is 2. The highest BCUT2D eigenvalue weighted by Gasteiger charge is 2.32. The van der Waals surface area contributed by atoms with Crippen molar-refractivity contribution in [1.29, 1.82) is 0 Å². The normalized spacial score (nSPS) is 21.7. The van der Waals surface area contributed by atoms with Crippen LogP contribution in [0.1, 0.15) is 44.9 Å². The molecule has 1 aliphatic heterocycles. The number of benzene rings is 1. The molecule has 1 aromatic carbocycles. The van der Waals surface area contributed by atoms with Crippen LogP contribution in [0.25, 0.3) is 0 Å². The van der Waals surface area contributed by atoms with Gasteiger partial charge in [0.05, 0.1) is 10.7 Å². The van der Waals surface area contributed by atoms with Crippen LogP contribution in [0.4, 0.5) is 5.69 Å². The van der Waals surface area contributed by atoms with Crippen LogP contribution in [-0.4, -0.2) is 27.9 Å². The van der Waals surface area contributed by atoms with Gasteiger partial charge in [0.15, 0.2) is 5.17 Å². The van der Waals surface area contributed by atoms with Gasteiger partial charge >= 0.3 is 0 Å². The topological polar surface area (TPSA) is 82.9 Å². The number of amides is 2. The van der Waals surface area contributed by atoms with E-state index in [9.17, 15) is 9.59 Å². The lowest BCUT2D eigenvalue weighted by Crippen LogP contribution is -2.28. The maximum Gasteiger partial charge on any atom is 0.240 e. The fourth-order valence-corrected chi connectivity index (χ4v) is 4.27. The van der Waals surface area contributed by atoms with Crippen LogP contribution in [0.15, 0.2) is 28.4 Å². The average molecular weight is 427 g/mol. The van der Waals surface area contributed by atoms with Gasteiger partial charge in [0.2, 0.25) is 11.8 Å². The molecule has 1 heterocycles. The molecule has 9 heteroatoms.